The van der Waals surface area contributed by atoms with E-state index in [4.69, 9.17) is 0 Å². The van der Waals surface area contributed by atoms with Crippen molar-refractivity contribution in [2.24, 2.45) is 5.41 Å². The Kier molecular flexibility index (Phi) is 4.30. The summed E-state index contributed by atoms with van der Waals surface area (Å²) in [6, 6.07) is 17.2. The number of Topliss-reactive ketones (excluding diaryl/α,β-unsaturated/α-hetero) is 1. The summed E-state index contributed by atoms with van der Waals surface area (Å²) in [6.07, 6.45) is -3.26. The highest BCUT2D eigenvalue weighted by molar-refractivity contribution is 6.04. The van der Waals surface area contributed by atoms with Gasteiger partial charge in [-0.1, -0.05) is 56.3 Å². The van der Waals surface area contributed by atoms with E-state index in [-0.39, 0.29) is 11.2 Å². The van der Waals surface area contributed by atoms with Crippen LogP contribution in [-0.4, -0.2) is 5.78 Å². The Bertz CT molecular complexity index is 1240. The van der Waals surface area contributed by atoms with Crippen LogP contribution in [0.2, 0.25) is 0 Å². The second-order valence-electron chi connectivity index (χ2n) is 9.26. The van der Waals surface area contributed by atoms with E-state index in [0.717, 1.165) is 46.3 Å². The number of carbonyl (C=O) groups excluding carboxylic acids is 1. The third kappa shape index (κ3) is 3.32. The zero-order chi connectivity index (χ0) is 22.0. The fraction of sp³-hybridized carbons (Fsp3) is 0.269. The molecule has 1 aliphatic carbocycles. The molecule has 3 aromatic rings. The first-order chi connectivity index (χ1) is 14.6. The van der Waals surface area contributed by atoms with Crippen LogP contribution in [-0.2, 0) is 11.0 Å². The lowest BCUT2D eigenvalue weighted by atomic mass is 9.68. The molecule has 0 aromatic heterocycles. The van der Waals surface area contributed by atoms with Crippen molar-refractivity contribution in [1.82, 2.24) is 0 Å². The second kappa shape index (κ2) is 6.71. The molecule has 0 amide bonds. The van der Waals surface area contributed by atoms with E-state index in [1.165, 1.54) is 12.1 Å². The van der Waals surface area contributed by atoms with Gasteiger partial charge in [-0.2, -0.15) is 13.2 Å². The molecule has 0 unspecified atom stereocenters. The van der Waals surface area contributed by atoms with Gasteiger partial charge in [-0.15, -0.1) is 0 Å². The zero-order valence-corrected chi connectivity index (χ0v) is 17.3. The normalized spacial score (nSPS) is 20.3. The van der Waals surface area contributed by atoms with E-state index in [0.29, 0.717) is 17.6 Å². The minimum atomic E-state index is -4.40. The predicted molar refractivity (Wildman–Crippen MR) is 116 cm³/mol. The smallest absolute Gasteiger partial charge is 0.358 e. The Morgan fingerprint density at radius 2 is 1.65 bits per heavy atom. The van der Waals surface area contributed by atoms with Crippen molar-refractivity contribution in [2.75, 3.05) is 5.32 Å². The summed E-state index contributed by atoms with van der Waals surface area (Å²) < 4.78 is 39.5. The summed E-state index contributed by atoms with van der Waals surface area (Å²) in [7, 11) is 0. The van der Waals surface area contributed by atoms with Gasteiger partial charge in [0.1, 0.15) is 0 Å². The molecule has 31 heavy (non-hydrogen) atoms. The molecular formula is C26H22F3NO. The Labute approximate surface area is 178 Å². The maximum absolute atomic E-state index is 13.3. The van der Waals surface area contributed by atoms with Crippen molar-refractivity contribution < 1.29 is 18.0 Å². The van der Waals surface area contributed by atoms with Crippen LogP contribution < -0.4 is 5.32 Å². The quantitative estimate of drug-likeness (QED) is 0.456. The Hall–Kier alpha value is -3.08. The van der Waals surface area contributed by atoms with Gasteiger partial charge in [-0.25, -0.2) is 0 Å². The number of hydrogen-bond donors (Lipinski definition) is 1. The molecule has 1 aliphatic heterocycles. The molecule has 1 N–H and O–H groups in total. The van der Waals surface area contributed by atoms with Gasteiger partial charge in [0, 0.05) is 29.3 Å². The molecule has 2 nitrogen and oxygen atoms in total. The summed E-state index contributed by atoms with van der Waals surface area (Å²) >= 11 is 0. The molecule has 0 bridgehead atoms. The number of fused-ring (bicyclic) bond motifs is 3. The minimum absolute atomic E-state index is 0.0576. The van der Waals surface area contributed by atoms with Gasteiger partial charge in [0.25, 0.3) is 0 Å². The second-order valence-corrected chi connectivity index (χ2v) is 9.26. The van der Waals surface area contributed by atoms with Crippen LogP contribution in [0.3, 0.4) is 0 Å². The van der Waals surface area contributed by atoms with Gasteiger partial charge in [-0.05, 0) is 51.9 Å². The fourth-order valence-electron chi connectivity index (χ4n) is 5.00. The molecule has 1 atom stereocenters. The maximum atomic E-state index is 13.3. The molecule has 3 aromatic carbocycles. The van der Waals surface area contributed by atoms with Gasteiger partial charge < -0.3 is 5.32 Å². The fourth-order valence-corrected chi connectivity index (χ4v) is 5.00. The monoisotopic (exact) mass is 421 g/mol. The lowest BCUT2D eigenvalue weighted by Crippen LogP contribution is -2.33. The zero-order valence-electron chi connectivity index (χ0n) is 17.3. The van der Waals surface area contributed by atoms with Crippen LogP contribution in [0.4, 0.5) is 18.9 Å². The molecule has 0 spiro atoms. The summed E-state index contributed by atoms with van der Waals surface area (Å²) in [4.78, 5) is 13.3. The lowest BCUT2D eigenvalue weighted by molar-refractivity contribution is -0.137. The highest BCUT2D eigenvalue weighted by atomic mass is 19.4. The molecule has 158 valence electrons. The van der Waals surface area contributed by atoms with Crippen molar-refractivity contribution in [3.8, 4) is 0 Å². The van der Waals surface area contributed by atoms with Crippen LogP contribution in [0.15, 0.2) is 71.9 Å². The van der Waals surface area contributed by atoms with E-state index >= 15 is 0 Å². The highest BCUT2D eigenvalue weighted by Gasteiger charge is 2.41. The number of halogens is 3. The number of anilines is 1. The summed E-state index contributed by atoms with van der Waals surface area (Å²) in [5.74, 6) is -0.342. The average Bonchev–Trinajstić information content (AvgIpc) is 2.70. The minimum Gasteiger partial charge on any atom is -0.358 e. The van der Waals surface area contributed by atoms with E-state index in [1.807, 2.05) is 36.4 Å². The lowest BCUT2D eigenvalue weighted by Gasteiger charge is -2.40. The van der Waals surface area contributed by atoms with Crippen LogP contribution in [0, 0.1) is 5.41 Å². The SMILES string of the molecule is CC1(C)CC(=O)C2=C(C1)Nc1ccc3ccccc3c1[C@H]2c1ccc(C(F)(F)F)cc1. The summed E-state index contributed by atoms with van der Waals surface area (Å²) in [5.41, 5.74) is 3.28. The van der Waals surface area contributed by atoms with Crippen molar-refractivity contribution in [2.45, 2.75) is 38.8 Å². The summed E-state index contributed by atoms with van der Waals surface area (Å²) in [5, 5.41) is 5.53. The number of benzene rings is 3. The third-order valence-corrected chi connectivity index (χ3v) is 6.32. The van der Waals surface area contributed by atoms with Crippen LogP contribution in [0.1, 0.15) is 49.3 Å². The standard InChI is InChI=1S/C26H22F3NO/c1-25(2)13-20-24(21(31)14-25)22(16-7-10-17(11-8-16)26(27,28)29)23-18-6-4-3-5-15(18)9-12-19(23)30-20/h3-12,22,30H,13-14H2,1-2H3/t22-/m1/s1. The number of nitrogens with one attached hydrogen (secondary N) is 1. The van der Waals surface area contributed by atoms with Gasteiger partial charge in [0.2, 0.25) is 0 Å². The molecule has 1 heterocycles. The molecule has 0 saturated carbocycles. The van der Waals surface area contributed by atoms with E-state index in [1.54, 1.807) is 0 Å². The number of ketones is 1. The van der Waals surface area contributed by atoms with Crippen LogP contribution in [0.5, 0.6) is 0 Å². The predicted octanol–water partition coefficient (Wildman–Crippen LogP) is 7.06. The molecule has 0 saturated heterocycles. The first kappa shape index (κ1) is 19.9. The first-order valence-electron chi connectivity index (χ1n) is 10.4. The van der Waals surface area contributed by atoms with Crippen LogP contribution >= 0.6 is 0 Å². The number of allylic oxidation sites excluding steroid dienone is 2. The van der Waals surface area contributed by atoms with Gasteiger partial charge >= 0.3 is 6.18 Å². The van der Waals surface area contributed by atoms with E-state index < -0.39 is 17.7 Å². The van der Waals surface area contributed by atoms with E-state index in [2.05, 4.69) is 19.2 Å². The number of alkyl halides is 3. The van der Waals surface area contributed by atoms with Gasteiger partial charge in [-0.3, -0.25) is 4.79 Å². The Morgan fingerprint density at radius 1 is 0.935 bits per heavy atom. The van der Waals surface area contributed by atoms with Crippen LogP contribution in [0.25, 0.3) is 10.8 Å². The summed E-state index contributed by atoms with van der Waals surface area (Å²) in [6.45, 7) is 4.14. The largest absolute Gasteiger partial charge is 0.416 e. The number of rotatable bonds is 1. The highest BCUT2D eigenvalue weighted by Crippen LogP contribution is 2.51. The molecule has 2 aliphatic rings. The molecule has 0 radical (unpaired) electrons. The van der Waals surface area contributed by atoms with Crippen molar-refractivity contribution in [3.63, 3.8) is 0 Å². The topological polar surface area (TPSA) is 29.1 Å². The number of hydrogen-bond acceptors (Lipinski definition) is 2. The Morgan fingerprint density at radius 3 is 2.35 bits per heavy atom. The van der Waals surface area contributed by atoms with Gasteiger partial charge in [0.15, 0.2) is 5.78 Å². The first-order valence-corrected chi connectivity index (χ1v) is 10.4. The Balaban J connectivity index is 1.76. The third-order valence-electron chi connectivity index (χ3n) is 6.32. The molecule has 0 fully saturated rings. The number of carbonyl (C=O) groups is 1. The van der Waals surface area contributed by atoms with Gasteiger partial charge in [0.05, 0.1) is 5.56 Å². The molecular weight excluding hydrogens is 399 g/mol. The molecule has 5 rings (SSSR count). The maximum Gasteiger partial charge on any atom is 0.416 e. The van der Waals surface area contributed by atoms with Crippen molar-refractivity contribution in [3.05, 3.63) is 88.6 Å². The van der Waals surface area contributed by atoms with E-state index in [9.17, 15) is 18.0 Å². The average molecular weight is 421 g/mol. The van der Waals surface area contributed by atoms with Crippen molar-refractivity contribution >= 4 is 22.2 Å². The van der Waals surface area contributed by atoms with Crippen molar-refractivity contribution in [1.29, 1.82) is 0 Å². The molecule has 5 heteroatoms.